The molecule has 0 heterocycles. The van der Waals surface area contributed by atoms with Gasteiger partial charge in [0.2, 0.25) is 0 Å². The monoisotopic (exact) mass is 287 g/mol. The van der Waals surface area contributed by atoms with E-state index in [2.05, 4.69) is 24.1 Å². The largest absolute Gasteiger partial charge is 0.458 e. The van der Waals surface area contributed by atoms with E-state index in [-0.39, 0.29) is 19.1 Å². The van der Waals surface area contributed by atoms with Gasteiger partial charge in [0.1, 0.15) is 6.10 Å². The Bertz CT molecular complexity index is 278. The Kier molecular flexibility index (Phi) is 11.0. The standard InChI is InChI=1S/C14H27N2O4/c1-5-7-16(8-6-2)10-14(18)20-12(3)11-19-13(17)9-15-4/h11-12,15H,5-10H2,1-4H3. The summed E-state index contributed by atoms with van der Waals surface area (Å²) in [6, 6.07) is 0. The normalized spacial score (nSPS) is 12.2. The molecule has 0 spiro atoms. The van der Waals surface area contributed by atoms with Crippen molar-refractivity contribution in [1.29, 1.82) is 0 Å². The molecule has 6 nitrogen and oxygen atoms in total. The number of carbonyl (C=O) groups is 2. The first-order chi connectivity index (χ1) is 9.53. The molecule has 0 aliphatic carbocycles. The van der Waals surface area contributed by atoms with Gasteiger partial charge in [-0.2, -0.15) is 0 Å². The maximum absolute atomic E-state index is 11.7. The highest BCUT2D eigenvalue weighted by atomic mass is 16.6. The van der Waals surface area contributed by atoms with Gasteiger partial charge in [0.15, 0.2) is 6.61 Å². The van der Waals surface area contributed by atoms with Crippen LogP contribution in [0.4, 0.5) is 0 Å². The van der Waals surface area contributed by atoms with E-state index in [1.165, 1.54) is 6.61 Å². The van der Waals surface area contributed by atoms with E-state index in [0.29, 0.717) is 0 Å². The Hall–Kier alpha value is -1.14. The lowest BCUT2D eigenvalue weighted by Crippen LogP contribution is -2.34. The summed E-state index contributed by atoms with van der Waals surface area (Å²) in [5.74, 6) is -0.714. The second kappa shape index (κ2) is 11.7. The molecular weight excluding hydrogens is 260 g/mol. The Morgan fingerprint density at radius 3 is 2.30 bits per heavy atom. The second-order valence-corrected chi connectivity index (χ2v) is 4.63. The van der Waals surface area contributed by atoms with Gasteiger partial charge in [-0.3, -0.25) is 14.5 Å². The molecule has 20 heavy (non-hydrogen) atoms. The van der Waals surface area contributed by atoms with Crippen LogP contribution in [0.1, 0.15) is 33.6 Å². The molecule has 0 aromatic carbocycles. The van der Waals surface area contributed by atoms with Crippen molar-refractivity contribution in [2.24, 2.45) is 0 Å². The van der Waals surface area contributed by atoms with Gasteiger partial charge < -0.3 is 14.8 Å². The van der Waals surface area contributed by atoms with E-state index < -0.39 is 12.1 Å². The molecule has 0 saturated heterocycles. The summed E-state index contributed by atoms with van der Waals surface area (Å²) in [7, 11) is 1.65. The summed E-state index contributed by atoms with van der Waals surface area (Å²) in [6.07, 6.45) is 1.45. The van der Waals surface area contributed by atoms with Crippen molar-refractivity contribution in [3.8, 4) is 0 Å². The van der Waals surface area contributed by atoms with Crippen LogP contribution in [0.15, 0.2) is 0 Å². The third-order valence-corrected chi connectivity index (χ3v) is 2.46. The van der Waals surface area contributed by atoms with E-state index >= 15 is 0 Å². The lowest BCUT2D eigenvalue weighted by molar-refractivity contribution is -0.153. The lowest BCUT2D eigenvalue weighted by atomic mass is 10.3. The van der Waals surface area contributed by atoms with Crippen LogP contribution in [0.3, 0.4) is 0 Å². The number of carbonyl (C=O) groups excluding carboxylic acids is 2. The van der Waals surface area contributed by atoms with Gasteiger partial charge >= 0.3 is 11.9 Å². The van der Waals surface area contributed by atoms with E-state index in [4.69, 9.17) is 9.47 Å². The molecular formula is C14H27N2O4. The van der Waals surface area contributed by atoms with Gasteiger partial charge in [0.05, 0.1) is 13.1 Å². The van der Waals surface area contributed by atoms with Crippen molar-refractivity contribution >= 4 is 11.9 Å². The number of likely N-dealkylation sites (N-methyl/N-ethyl adjacent to an activating group) is 1. The van der Waals surface area contributed by atoms with Crippen LogP contribution in [0, 0.1) is 6.61 Å². The molecule has 0 rings (SSSR count). The van der Waals surface area contributed by atoms with E-state index in [1.807, 2.05) is 0 Å². The highest BCUT2D eigenvalue weighted by molar-refractivity contribution is 5.73. The smallest absolute Gasteiger partial charge is 0.320 e. The predicted octanol–water partition coefficient (Wildman–Crippen LogP) is 0.964. The van der Waals surface area contributed by atoms with Crippen molar-refractivity contribution in [2.75, 3.05) is 33.2 Å². The van der Waals surface area contributed by atoms with Crippen LogP contribution in [-0.2, 0) is 19.1 Å². The molecule has 1 atom stereocenters. The zero-order valence-electron chi connectivity index (χ0n) is 13.0. The molecule has 6 heteroatoms. The summed E-state index contributed by atoms with van der Waals surface area (Å²) in [5.41, 5.74) is 0. The topological polar surface area (TPSA) is 67.9 Å². The number of hydrogen-bond donors (Lipinski definition) is 1. The van der Waals surface area contributed by atoms with Gasteiger partial charge in [-0.05, 0) is 39.9 Å². The number of nitrogens with zero attached hydrogens (tertiary/aromatic N) is 1. The lowest BCUT2D eigenvalue weighted by Gasteiger charge is -2.21. The number of hydrogen-bond acceptors (Lipinski definition) is 6. The molecule has 0 bridgehead atoms. The van der Waals surface area contributed by atoms with Gasteiger partial charge in [0, 0.05) is 0 Å². The summed E-state index contributed by atoms with van der Waals surface area (Å²) in [6.45, 7) is 9.19. The van der Waals surface area contributed by atoms with Crippen molar-refractivity contribution in [1.82, 2.24) is 10.2 Å². The molecule has 1 N–H and O–H groups in total. The first-order valence-electron chi connectivity index (χ1n) is 7.12. The van der Waals surface area contributed by atoms with E-state index in [9.17, 15) is 9.59 Å². The number of rotatable bonds is 11. The highest BCUT2D eigenvalue weighted by Crippen LogP contribution is 2.01. The summed E-state index contributed by atoms with van der Waals surface area (Å²) in [5, 5.41) is 2.68. The Morgan fingerprint density at radius 1 is 1.20 bits per heavy atom. The minimum absolute atomic E-state index is 0.123. The highest BCUT2D eigenvalue weighted by Gasteiger charge is 2.15. The Labute approximate surface area is 121 Å². The third-order valence-electron chi connectivity index (χ3n) is 2.46. The molecule has 0 amide bonds. The molecule has 0 saturated carbocycles. The zero-order chi connectivity index (χ0) is 15.4. The van der Waals surface area contributed by atoms with E-state index in [0.717, 1.165) is 25.9 Å². The van der Waals surface area contributed by atoms with Crippen molar-refractivity contribution in [3.05, 3.63) is 6.61 Å². The predicted molar refractivity (Wildman–Crippen MR) is 76.9 cm³/mol. The molecule has 0 aliphatic heterocycles. The minimum atomic E-state index is -0.548. The first kappa shape index (κ1) is 18.9. The van der Waals surface area contributed by atoms with Gasteiger partial charge in [-0.15, -0.1) is 0 Å². The van der Waals surface area contributed by atoms with Gasteiger partial charge in [0.25, 0.3) is 0 Å². The average Bonchev–Trinajstić information content (AvgIpc) is 2.37. The Balaban J connectivity index is 3.95. The third kappa shape index (κ3) is 9.75. The fraction of sp³-hybridized carbons (Fsp3) is 0.786. The second-order valence-electron chi connectivity index (χ2n) is 4.63. The zero-order valence-corrected chi connectivity index (χ0v) is 13.0. The molecule has 1 unspecified atom stereocenters. The maximum Gasteiger partial charge on any atom is 0.320 e. The summed E-state index contributed by atoms with van der Waals surface area (Å²) >= 11 is 0. The van der Waals surface area contributed by atoms with Crippen molar-refractivity contribution in [3.63, 3.8) is 0 Å². The Morgan fingerprint density at radius 2 is 1.80 bits per heavy atom. The first-order valence-corrected chi connectivity index (χ1v) is 7.12. The van der Waals surface area contributed by atoms with Crippen molar-refractivity contribution in [2.45, 2.75) is 39.7 Å². The summed E-state index contributed by atoms with van der Waals surface area (Å²) < 4.78 is 10.00. The fourth-order valence-electron chi connectivity index (χ4n) is 1.72. The minimum Gasteiger partial charge on any atom is -0.458 e. The number of ether oxygens (including phenoxy) is 2. The maximum atomic E-state index is 11.7. The van der Waals surface area contributed by atoms with Crippen molar-refractivity contribution < 1.29 is 19.1 Å². The van der Waals surface area contributed by atoms with Crippen LogP contribution in [0.2, 0.25) is 0 Å². The number of esters is 2. The van der Waals surface area contributed by atoms with Crippen LogP contribution >= 0.6 is 0 Å². The van der Waals surface area contributed by atoms with Gasteiger partial charge in [-0.25, -0.2) is 0 Å². The SMILES string of the molecule is CCCN(CCC)CC(=O)OC(C)[CH]OC(=O)CNC. The molecule has 0 aromatic rings. The molecule has 0 aliphatic rings. The molecule has 117 valence electrons. The average molecular weight is 287 g/mol. The van der Waals surface area contributed by atoms with E-state index in [1.54, 1.807) is 14.0 Å². The van der Waals surface area contributed by atoms with Gasteiger partial charge in [-0.1, -0.05) is 13.8 Å². The number of nitrogens with one attached hydrogen (secondary N) is 1. The molecule has 0 aromatic heterocycles. The van der Waals surface area contributed by atoms with Crippen LogP contribution in [0.5, 0.6) is 0 Å². The quantitative estimate of drug-likeness (QED) is 0.571. The van der Waals surface area contributed by atoms with Crippen LogP contribution in [-0.4, -0.2) is 56.2 Å². The fourth-order valence-corrected chi connectivity index (χ4v) is 1.72. The molecule has 0 fully saturated rings. The van der Waals surface area contributed by atoms with Crippen LogP contribution in [0.25, 0.3) is 0 Å². The summed E-state index contributed by atoms with van der Waals surface area (Å²) in [4.78, 5) is 24.9. The van der Waals surface area contributed by atoms with Crippen LogP contribution < -0.4 is 5.32 Å². The molecule has 1 radical (unpaired) electrons.